The van der Waals surface area contributed by atoms with Crippen LogP contribution in [0, 0.1) is 6.92 Å². The van der Waals surface area contributed by atoms with E-state index in [0.29, 0.717) is 22.4 Å². The van der Waals surface area contributed by atoms with Gasteiger partial charge in [-0.05, 0) is 30.7 Å². The van der Waals surface area contributed by atoms with Crippen LogP contribution in [-0.4, -0.2) is 24.1 Å². The molecular formula is C25H19NO4. The number of hydrogen-bond donors (Lipinski definition) is 1. The van der Waals surface area contributed by atoms with Crippen LogP contribution in [-0.2, 0) is 4.79 Å². The fraction of sp³-hybridized carbons (Fsp3) is 0.0800. The highest BCUT2D eigenvalue weighted by molar-refractivity contribution is 6.41. The minimum Gasteiger partial charge on any atom is -0.483 e. The summed E-state index contributed by atoms with van der Waals surface area (Å²) >= 11 is 0. The molecule has 0 heterocycles. The molecule has 4 rings (SSSR count). The van der Waals surface area contributed by atoms with E-state index in [2.05, 4.69) is 5.32 Å². The van der Waals surface area contributed by atoms with Crippen LogP contribution in [0.25, 0.3) is 6.08 Å². The Morgan fingerprint density at radius 3 is 2.17 bits per heavy atom. The molecule has 3 aromatic carbocycles. The number of Topliss-reactive ketones (excluding diaryl/α,β-unsaturated/α-hetero) is 2. The zero-order chi connectivity index (χ0) is 21.1. The van der Waals surface area contributed by atoms with Gasteiger partial charge >= 0.3 is 0 Å². The minimum atomic E-state index is -0.303. The Morgan fingerprint density at radius 1 is 0.867 bits per heavy atom. The molecule has 0 atom stereocenters. The second-order valence-corrected chi connectivity index (χ2v) is 6.95. The maximum atomic E-state index is 12.6. The average molecular weight is 397 g/mol. The highest BCUT2D eigenvalue weighted by Crippen LogP contribution is 2.30. The van der Waals surface area contributed by atoms with Crippen molar-refractivity contribution in [2.24, 2.45) is 0 Å². The van der Waals surface area contributed by atoms with Gasteiger partial charge in [0.05, 0.1) is 5.57 Å². The largest absolute Gasteiger partial charge is 0.483 e. The molecule has 0 saturated heterocycles. The van der Waals surface area contributed by atoms with Crippen molar-refractivity contribution in [3.63, 3.8) is 0 Å². The normalized spacial score (nSPS) is 12.5. The highest BCUT2D eigenvalue weighted by Gasteiger charge is 2.32. The molecule has 3 aromatic rings. The zero-order valence-corrected chi connectivity index (χ0v) is 16.3. The number of fused-ring (bicyclic) bond motifs is 1. The molecule has 148 valence electrons. The first kappa shape index (κ1) is 19.3. The Bertz CT molecular complexity index is 1160. The lowest BCUT2D eigenvalue weighted by Crippen LogP contribution is -2.20. The summed E-state index contributed by atoms with van der Waals surface area (Å²) in [7, 11) is 0. The number of carbonyl (C=O) groups is 3. The Hall–Kier alpha value is -3.99. The molecule has 0 fully saturated rings. The van der Waals surface area contributed by atoms with Crippen LogP contribution in [0.1, 0.15) is 31.8 Å². The summed E-state index contributed by atoms with van der Waals surface area (Å²) in [4.78, 5) is 37.5. The average Bonchev–Trinajstić information content (AvgIpc) is 3.00. The fourth-order valence-corrected chi connectivity index (χ4v) is 3.33. The lowest BCUT2D eigenvalue weighted by Gasteiger charge is -2.11. The van der Waals surface area contributed by atoms with Crippen LogP contribution in [0.5, 0.6) is 5.75 Å². The van der Waals surface area contributed by atoms with Crippen LogP contribution in [0.3, 0.4) is 0 Å². The predicted molar refractivity (Wildman–Crippen MR) is 115 cm³/mol. The summed E-state index contributed by atoms with van der Waals surface area (Å²) in [6, 6.07) is 21.2. The number of ether oxygens (including phenoxy) is 1. The number of ketones is 2. The lowest BCUT2D eigenvalue weighted by atomic mass is 10.1. The van der Waals surface area contributed by atoms with Gasteiger partial charge in [-0.2, -0.15) is 0 Å². The topological polar surface area (TPSA) is 72.5 Å². The van der Waals surface area contributed by atoms with E-state index >= 15 is 0 Å². The molecule has 30 heavy (non-hydrogen) atoms. The molecule has 0 unspecified atom stereocenters. The number of rotatable bonds is 5. The van der Waals surface area contributed by atoms with Gasteiger partial charge in [0, 0.05) is 22.4 Å². The van der Waals surface area contributed by atoms with E-state index in [4.69, 9.17) is 4.74 Å². The van der Waals surface area contributed by atoms with Gasteiger partial charge in [0.1, 0.15) is 5.75 Å². The molecule has 5 heteroatoms. The van der Waals surface area contributed by atoms with E-state index in [9.17, 15) is 14.4 Å². The van der Waals surface area contributed by atoms with E-state index < -0.39 is 0 Å². The third-order valence-electron chi connectivity index (χ3n) is 4.90. The third kappa shape index (κ3) is 3.78. The molecule has 5 nitrogen and oxygen atoms in total. The van der Waals surface area contributed by atoms with Crippen molar-refractivity contribution < 1.29 is 19.1 Å². The molecule has 1 aliphatic carbocycles. The lowest BCUT2D eigenvalue weighted by molar-refractivity contribution is -0.118. The van der Waals surface area contributed by atoms with E-state index in [1.807, 2.05) is 31.2 Å². The summed E-state index contributed by atoms with van der Waals surface area (Å²) in [5.74, 6) is -0.487. The number of benzene rings is 3. The van der Waals surface area contributed by atoms with Crippen molar-refractivity contribution in [2.45, 2.75) is 6.92 Å². The summed E-state index contributed by atoms with van der Waals surface area (Å²) in [6.07, 6.45) is 1.53. The van der Waals surface area contributed by atoms with Crippen LogP contribution in [0.15, 0.2) is 78.4 Å². The number of nitrogens with one attached hydrogen (secondary N) is 1. The Morgan fingerprint density at radius 2 is 1.47 bits per heavy atom. The number of aryl methyl sites for hydroxylation is 1. The highest BCUT2D eigenvalue weighted by atomic mass is 16.5. The molecular weight excluding hydrogens is 378 g/mol. The first-order valence-electron chi connectivity index (χ1n) is 9.52. The molecule has 0 aliphatic heterocycles. The smallest absolute Gasteiger partial charge is 0.262 e. The van der Waals surface area contributed by atoms with E-state index in [0.717, 1.165) is 11.3 Å². The summed E-state index contributed by atoms with van der Waals surface area (Å²) in [5.41, 5.74) is 3.15. The van der Waals surface area contributed by atoms with Gasteiger partial charge in [0.2, 0.25) is 0 Å². The second-order valence-electron chi connectivity index (χ2n) is 6.95. The van der Waals surface area contributed by atoms with Gasteiger partial charge in [-0.1, -0.05) is 60.7 Å². The van der Waals surface area contributed by atoms with Gasteiger partial charge in [0.15, 0.2) is 18.2 Å². The Kier molecular flexibility index (Phi) is 5.26. The second kappa shape index (κ2) is 8.17. The molecule has 1 N–H and O–H groups in total. The van der Waals surface area contributed by atoms with Crippen molar-refractivity contribution >= 4 is 29.2 Å². The number of anilines is 1. The molecule has 1 amide bonds. The predicted octanol–water partition coefficient (Wildman–Crippen LogP) is 4.48. The standard InChI is InChI=1S/C25H19NO4/c1-16-8-2-6-12-21(16)26-23(27)15-30-22-13-7-3-9-17(22)14-20-24(28)18-10-4-5-11-19(18)25(20)29/h2-14H,15H2,1H3,(H,26,27). The van der Waals surface area contributed by atoms with Gasteiger partial charge in [0.25, 0.3) is 5.91 Å². The van der Waals surface area contributed by atoms with Gasteiger partial charge in [-0.25, -0.2) is 0 Å². The van der Waals surface area contributed by atoms with E-state index in [1.165, 1.54) is 6.08 Å². The Balaban J connectivity index is 1.52. The van der Waals surface area contributed by atoms with Crippen molar-refractivity contribution in [1.29, 1.82) is 0 Å². The molecule has 0 aromatic heterocycles. The van der Waals surface area contributed by atoms with Gasteiger partial charge < -0.3 is 10.1 Å². The minimum absolute atomic E-state index is 0.0941. The van der Waals surface area contributed by atoms with Gasteiger partial charge in [-0.3, -0.25) is 14.4 Å². The number of allylic oxidation sites excluding steroid dienone is 1. The zero-order valence-electron chi connectivity index (χ0n) is 16.3. The van der Waals surface area contributed by atoms with Crippen molar-refractivity contribution in [3.8, 4) is 5.75 Å². The molecule has 0 spiro atoms. The van der Waals surface area contributed by atoms with Crippen LogP contribution in [0.4, 0.5) is 5.69 Å². The maximum absolute atomic E-state index is 12.6. The van der Waals surface area contributed by atoms with Gasteiger partial charge in [-0.15, -0.1) is 0 Å². The Labute approximate surface area is 174 Å². The third-order valence-corrected chi connectivity index (χ3v) is 4.90. The number of amides is 1. The van der Waals surface area contributed by atoms with Crippen LogP contribution in [0.2, 0.25) is 0 Å². The fourth-order valence-electron chi connectivity index (χ4n) is 3.33. The van der Waals surface area contributed by atoms with Crippen molar-refractivity contribution in [1.82, 2.24) is 0 Å². The van der Waals surface area contributed by atoms with Crippen molar-refractivity contribution in [2.75, 3.05) is 11.9 Å². The summed E-state index contributed by atoms with van der Waals surface area (Å²) < 4.78 is 5.69. The summed E-state index contributed by atoms with van der Waals surface area (Å²) in [6.45, 7) is 1.71. The number of para-hydroxylation sites is 2. The first-order chi connectivity index (χ1) is 14.5. The summed E-state index contributed by atoms with van der Waals surface area (Å²) in [5, 5.41) is 2.81. The quantitative estimate of drug-likeness (QED) is 0.509. The number of carbonyl (C=O) groups excluding carboxylic acids is 3. The monoisotopic (exact) mass is 397 g/mol. The van der Waals surface area contributed by atoms with Crippen molar-refractivity contribution in [3.05, 3.63) is 101 Å². The van der Waals surface area contributed by atoms with Crippen LogP contribution < -0.4 is 10.1 Å². The SMILES string of the molecule is Cc1ccccc1NC(=O)COc1ccccc1C=C1C(=O)c2ccccc2C1=O. The van der Waals surface area contributed by atoms with E-state index in [1.54, 1.807) is 48.5 Å². The molecule has 0 saturated carbocycles. The number of hydrogen-bond acceptors (Lipinski definition) is 4. The van der Waals surface area contributed by atoms with E-state index in [-0.39, 0.29) is 29.7 Å². The maximum Gasteiger partial charge on any atom is 0.262 e. The molecule has 0 radical (unpaired) electrons. The van der Waals surface area contributed by atoms with Crippen LogP contribution >= 0.6 is 0 Å². The first-order valence-corrected chi connectivity index (χ1v) is 9.52. The molecule has 0 bridgehead atoms. The molecule has 1 aliphatic rings.